The molecule has 0 unspecified atom stereocenters. The number of aryl methyl sites for hydroxylation is 1. The predicted molar refractivity (Wildman–Crippen MR) is 118 cm³/mol. The zero-order chi connectivity index (χ0) is 20.2. The lowest BCUT2D eigenvalue weighted by Crippen LogP contribution is -2.50. The molecule has 3 aromatic rings. The second kappa shape index (κ2) is 8.93. The topological polar surface area (TPSA) is 49.3 Å². The standard InChI is InChI=1S/C23H26N4OS/c1-17(29-22-20-10-6-7-11-21(20)24-18(2)25-22)23(28)27-14-12-26(13-15-27)16-19-8-4-3-5-9-19/h3-11,17H,12-16H2,1-2H3/t17-/m0/s1. The Morgan fingerprint density at radius 3 is 2.45 bits per heavy atom. The monoisotopic (exact) mass is 406 g/mol. The Morgan fingerprint density at radius 1 is 1.00 bits per heavy atom. The van der Waals surface area contributed by atoms with Gasteiger partial charge in [0.25, 0.3) is 0 Å². The van der Waals surface area contributed by atoms with Gasteiger partial charge in [-0.1, -0.05) is 60.3 Å². The van der Waals surface area contributed by atoms with Gasteiger partial charge in [-0.3, -0.25) is 9.69 Å². The zero-order valence-electron chi connectivity index (χ0n) is 16.9. The molecular weight excluding hydrogens is 380 g/mol. The second-order valence-corrected chi connectivity index (χ2v) is 8.77. The first-order chi connectivity index (χ1) is 14.1. The number of fused-ring (bicyclic) bond motifs is 1. The van der Waals surface area contributed by atoms with Crippen molar-refractivity contribution in [1.29, 1.82) is 0 Å². The van der Waals surface area contributed by atoms with Crippen LogP contribution in [-0.4, -0.2) is 57.1 Å². The van der Waals surface area contributed by atoms with E-state index in [9.17, 15) is 4.79 Å². The average molecular weight is 407 g/mol. The minimum atomic E-state index is -0.173. The number of hydrogen-bond donors (Lipinski definition) is 0. The van der Waals surface area contributed by atoms with Gasteiger partial charge in [0.15, 0.2) is 0 Å². The van der Waals surface area contributed by atoms with Gasteiger partial charge in [0, 0.05) is 38.1 Å². The van der Waals surface area contributed by atoms with E-state index in [0.29, 0.717) is 0 Å². The van der Waals surface area contributed by atoms with Crippen LogP contribution in [0.5, 0.6) is 0 Å². The highest BCUT2D eigenvalue weighted by Crippen LogP contribution is 2.29. The van der Waals surface area contributed by atoms with Crippen LogP contribution >= 0.6 is 11.8 Å². The van der Waals surface area contributed by atoms with E-state index in [-0.39, 0.29) is 11.2 Å². The molecule has 0 spiro atoms. The average Bonchev–Trinajstić information content (AvgIpc) is 2.74. The molecule has 0 aliphatic carbocycles. The van der Waals surface area contributed by atoms with Crippen LogP contribution in [0.25, 0.3) is 10.9 Å². The van der Waals surface area contributed by atoms with Crippen LogP contribution in [0.2, 0.25) is 0 Å². The van der Waals surface area contributed by atoms with Crippen LogP contribution in [0.3, 0.4) is 0 Å². The summed E-state index contributed by atoms with van der Waals surface area (Å²) in [5, 5.41) is 1.72. The molecule has 0 radical (unpaired) electrons. The molecule has 1 aliphatic rings. The van der Waals surface area contributed by atoms with Crippen molar-refractivity contribution in [2.75, 3.05) is 26.2 Å². The summed E-state index contributed by atoms with van der Waals surface area (Å²) in [4.78, 5) is 26.5. The van der Waals surface area contributed by atoms with E-state index >= 15 is 0 Å². The number of para-hydroxylation sites is 1. The van der Waals surface area contributed by atoms with Gasteiger partial charge >= 0.3 is 0 Å². The Morgan fingerprint density at radius 2 is 1.69 bits per heavy atom. The summed E-state index contributed by atoms with van der Waals surface area (Å²) in [5.41, 5.74) is 2.25. The third kappa shape index (κ3) is 4.77. The van der Waals surface area contributed by atoms with E-state index in [1.807, 2.05) is 49.1 Å². The Labute approximate surface area is 176 Å². The smallest absolute Gasteiger partial charge is 0.235 e. The number of aromatic nitrogens is 2. The first kappa shape index (κ1) is 19.9. The highest BCUT2D eigenvalue weighted by molar-refractivity contribution is 8.00. The highest BCUT2D eigenvalue weighted by Gasteiger charge is 2.26. The van der Waals surface area contributed by atoms with Gasteiger partial charge in [-0.25, -0.2) is 9.97 Å². The Bertz CT molecular complexity index is 987. The van der Waals surface area contributed by atoms with E-state index in [1.165, 1.54) is 17.3 Å². The van der Waals surface area contributed by atoms with Gasteiger partial charge in [0.2, 0.25) is 5.91 Å². The lowest BCUT2D eigenvalue weighted by Gasteiger charge is -2.35. The van der Waals surface area contributed by atoms with Gasteiger partial charge < -0.3 is 4.90 Å². The maximum Gasteiger partial charge on any atom is 0.235 e. The summed E-state index contributed by atoms with van der Waals surface area (Å²) in [6, 6.07) is 18.5. The van der Waals surface area contributed by atoms with E-state index < -0.39 is 0 Å². The molecule has 6 heteroatoms. The van der Waals surface area contributed by atoms with Crippen LogP contribution in [0.1, 0.15) is 18.3 Å². The SMILES string of the molecule is Cc1nc(S[C@@H](C)C(=O)N2CCN(Cc3ccccc3)CC2)c2ccccc2n1. The number of carbonyl (C=O) groups excluding carboxylic acids is 1. The molecule has 1 fully saturated rings. The van der Waals surface area contributed by atoms with Crippen molar-refractivity contribution < 1.29 is 4.79 Å². The molecule has 0 N–H and O–H groups in total. The van der Waals surface area contributed by atoms with E-state index in [1.54, 1.807) is 0 Å². The van der Waals surface area contributed by atoms with Crippen molar-refractivity contribution >= 4 is 28.6 Å². The molecule has 0 bridgehead atoms. The number of hydrogen-bond acceptors (Lipinski definition) is 5. The molecule has 0 saturated carbocycles. The Balaban J connectivity index is 1.37. The summed E-state index contributed by atoms with van der Waals surface area (Å²) >= 11 is 1.54. The number of rotatable bonds is 5. The summed E-state index contributed by atoms with van der Waals surface area (Å²) in [7, 11) is 0. The van der Waals surface area contributed by atoms with Crippen molar-refractivity contribution in [2.24, 2.45) is 0 Å². The number of nitrogens with zero attached hydrogens (tertiary/aromatic N) is 4. The fraction of sp³-hybridized carbons (Fsp3) is 0.348. The molecule has 29 heavy (non-hydrogen) atoms. The van der Waals surface area contributed by atoms with Gasteiger partial charge in [-0.2, -0.15) is 0 Å². The molecule has 4 rings (SSSR count). The molecular formula is C23H26N4OS. The summed E-state index contributed by atoms with van der Waals surface area (Å²) < 4.78 is 0. The lowest BCUT2D eigenvalue weighted by molar-refractivity contribution is -0.132. The van der Waals surface area contributed by atoms with E-state index in [4.69, 9.17) is 0 Å². The van der Waals surface area contributed by atoms with Crippen LogP contribution < -0.4 is 0 Å². The van der Waals surface area contributed by atoms with Gasteiger partial charge in [0.1, 0.15) is 10.9 Å². The van der Waals surface area contributed by atoms with Crippen LogP contribution in [-0.2, 0) is 11.3 Å². The molecule has 1 atom stereocenters. The first-order valence-corrected chi connectivity index (χ1v) is 10.9. The van der Waals surface area contributed by atoms with E-state index in [2.05, 4.69) is 39.1 Å². The van der Waals surface area contributed by atoms with Gasteiger partial charge in [-0.15, -0.1) is 0 Å². The van der Waals surface area contributed by atoms with Crippen molar-refractivity contribution in [2.45, 2.75) is 30.7 Å². The molecule has 1 aliphatic heterocycles. The van der Waals surface area contributed by atoms with E-state index in [0.717, 1.165) is 54.5 Å². The number of piperazine rings is 1. The third-order valence-corrected chi connectivity index (χ3v) is 6.34. The molecule has 1 aromatic heterocycles. The summed E-state index contributed by atoms with van der Waals surface area (Å²) in [6.07, 6.45) is 0. The third-order valence-electron chi connectivity index (χ3n) is 5.25. The van der Waals surface area contributed by atoms with Crippen LogP contribution in [0.4, 0.5) is 0 Å². The maximum absolute atomic E-state index is 13.0. The highest BCUT2D eigenvalue weighted by atomic mass is 32.2. The van der Waals surface area contributed by atoms with Crippen molar-refractivity contribution in [1.82, 2.24) is 19.8 Å². The molecule has 2 aromatic carbocycles. The fourth-order valence-electron chi connectivity index (χ4n) is 3.69. The fourth-order valence-corrected chi connectivity index (χ4v) is 4.76. The molecule has 150 valence electrons. The predicted octanol–water partition coefficient (Wildman–Crippen LogP) is 3.76. The molecule has 2 heterocycles. The quantitative estimate of drug-likeness (QED) is 0.477. The van der Waals surface area contributed by atoms with Crippen molar-refractivity contribution in [3.8, 4) is 0 Å². The number of benzene rings is 2. The lowest BCUT2D eigenvalue weighted by atomic mass is 10.2. The first-order valence-electron chi connectivity index (χ1n) is 10.1. The Kier molecular flexibility index (Phi) is 6.11. The summed E-state index contributed by atoms with van der Waals surface area (Å²) in [5.74, 6) is 0.926. The van der Waals surface area contributed by atoms with Crippen molar-refractivity contribution in [3.05, 3.63) is 66.0 Å². The second-order valence-electron chi connectivity index (χ2n) is 7.44. The van der Waals surface area contributed by atoms with Crippen LogP contribution in [0.15, 0.2) is 59.6 Å². The molecule has 1 saturated heterocycles. The van der Waals surface area contributed by atoms with Gasteiger partial charge in [-0.05, 0) is 25.5 Å². The summed E-state index contributed by atoms with van der Waals surface area (Å²) in [6.45, 7) is 8.20. The molecule has 1 amide bonds. The molecule has 5 nitrogen and oxygen atoms in total. The minimum absolute atomic E-state index is 0.173. The van der Waals surface area contributed by atoms with Crippen LogP contribution in [0, 0.1) is 6.92 Å². The number of amides is 1. The van der Waals surface area contributed by atoms with Gasteiger partial charge in [0.05, 0.1) is 10.8 Å². The van der Waals surface area contributed by atoms with Crippen molar-refractivity contribution in [3.63, 3.8) is 0 Å². The normalized spacial score (nSPS) is 16.1. The maximum atomic E-state index is 13.0. The number of carbonyl (C=O) groups is 1. The Hall–Kier alpha value is -2.44. The zero-order valence-corrected chi connectivity index (χ0v) is 17.7. The largest absolute Gasteiger partial charge is 0.339 e. The number of thioether (sulfide) groups is 1. The minimum Gasteiger partial charge on any atom is -0.339 e.